The Kier molecular flexibility index (Phi) is 10.4. The monoisotopic (exact) mass is 158 g/mol. The Morgan fingerprint density at radius 3 is 1.91 bits per heavy atom. The van der Waals surface area contributed by atoms with Crippen LogP contribution in [0.5, 0.6) is 0 Å². The minimum Gasteiger partial charge on any atom is -0.352 e. The number of primary amides is 2. The number of hydrogen-bond donors (Lipinski definition) is 2. The fourth-order valence-corrected chi connectivity index (χ4v) is 0.479. The second kappa shape index (κ2) is 9.01. The summed E-state index contributed by atoms with van der Waals surface area (Å²) in [5.74, 6) is 0. The van der Waals surface area contributed by atoms with E-state index < -0.39 is 6.03 Å². The molecule has 0 aliphatic heterocycles. The molecule has 0 aromatic heterocycles. The number of allylic oxidation sites excluding steroid dienone is 1. The average Bonchev–Trinajstić information content (AvgIpc) is 1.82. The molecule has 0 bridgehead atoms. The quantitative estimate of drug-likeness (QED) is 0.604. The third kappa shape index (κ3) is 48.9. The summed E-state index contributed by atoms with van der Waals surface area (Å²) in [5.41, 5.74) is 9.81. The van der Waals surface area contributed by atoms with Gasteiger partial charge in [0.1, 0.15) is 0 Å². The first-order valence-electron chi connectivity index (χ1n) is 3.70. The average molecular weight is 158 g/mol. The maximum absolute atomic E-state index is 9.00. The summed E-state index contributed by atoms with van der Waals surface area (Å²) in [6.45, 7) is 8.07. The Bertz CT molecular complexity index is 117. The van der Waals surface area contributed by atoms with Crippen molar-refractivity contribution in [1.29, 1.82) is 0 Å². The number of carbonyl (C=O) groups is 1. The number of amides is 2. The first-order chi connectivity index (χ1) is 5.00. The summed E-state index contributed by atoms with van der Waals surface area (Å²) in [4.78, 5) is 9.00. The number of nitrogens with two attached hydrogens (primary N) is 2. The van der Waals surface area contributed by atoms with E-state index >= 15 is 0 Å². The number of rotatable bonds is 3. The van der Waals surface area contributed by atoms with Gasteiger partial charge in [0.2, 0.25) is 0 Å². The first kappa shape index (κ1) is 12.7. The normalized spacial score (nSPS) is 7.82. The molecule has 0 rings (SSSR count). The van der Waals surface area contributed by atoms with Crippen LogP contribution >= 0.6 is 0 Å². The Balaban J connectivity index is 0. The molecule has 0 heterocycles. The molecule has 0 spiro atoms. The van der Waals surface area contributed by atoms with Gasteiger partial charge in [0.15, 0.2) is 0 Å². The molecule has 3 nitrogen and oxygen atoms in total. The van der Waals surface area contributed by atoms with Crippen LogP contribution in [0.25, 0.3) is 0 Å². The molecule has 4 N–H and O–H groups in total. The zero-order chi connectivity index (χ0) is 9.28. The van der Waals surface area contributed by atoms with Crippen LogP contribution in [0.2, 0.25) is 0 Å². The van der Waals surface area contributed by atoms with Crippen molar-refractivity contribution >= 4 is 6.03 Å². The zero-order valence-electron chi connectivity index (χ0n) is 7.39. The van der Waals surface area contributed by atoms with E-state index in [0.29, 0.717) is 0 Å². The standard InChI is InChI=1S/C7H14.CH4N2O/c1-4-5-6-7(2)3;2-1(3)4/h2,4-6H2,1,3H3;(H4,2,3,4). The minimum atomic E-state index is -0.833. The van der Waals surface area contributed by atoms with Gasteiger partial charge in [-0.25, -0.2) is 4.79 Å². The molecule has 2 amide bonds. The highest BCUT2D eigenvalue weighted by molar-refractivity contribution is 5.69. The van der Waals surface area contributed by atoms with E-state index in [2.05, 4.69) is 31.9 Å². The van der Waals surface area contributed by atoms with Gasteiger partial charge in [-0.3, -0.25) is 0 Å². The van der Waals surface area contributed by atoms with Gasteiger partial charge in [-0.05, 0) is 19.8 Å². The molecule has 3 heteroatoms. The second-order valence-corrected chi connectivity index (χ2v) is 2.46. The second-order valence-electron chi connectivity index (χ2n) is 2.46. The maximum atomic E-state index is 9.00. The van der Waals surface area contributed by atoms with Crippen LogP contribution in [-0.2, 0) is 0 Å². The smallest absolute Gasteiger partial charge is 0.309 e. The number of hydrogen-bond acceptors (Lipinski definition) is 1. The lowest BCUT2D eigenvalue weighted by molar-refractivity contribution is 0.256. The van der Waals surface area contributed by atoms with Crippen LogP contribution in [0, 0.1) is 0 Å². The lowest BCUT2D eigenvalue weighted by atomic mass is 10.2. The van der Waals surface area contributed by atoms with E-state index in [9.17, 15) is 0 Å². The Labute approximate surface area is 68.5 Å². The van der Waals surface area contributed by atoms with Gasteiger partial charge in [0.05, 0.1) is 0 Å². The summed E-state index contributed by atoms with van der Waals surface area (Å²) < 4.78 is 0. The highest BCUT2D eigenvalue weighted by Gasteiger charge is 1.81. The molecule has 0 aromatic rings. The van der Waals surface area contributed by atoms with E-state index in [1.165, 1.54) is 24.8 Å². The summed E-state index contributed by atoms with van der Waals surface area (Å²) in [6.07, 6.45) is 3.79. The van der Waals surface area contributed by atoms with E-state index in [4.69, 9.17) is 4.79 Å². The Hall–Kier alpha value is -0.990. The van der Waals surface area contributed by atoms with Crippen LogP contribution in [0.1, 0.15) is 33.1 Å². The highest BCUT2D eigenvalue weighted by atomic mass is 16.2. The topological polar surface area (TPSA) is 69.1 Å². The maximum Gasteiger partial charge on any atom is 0.309 e. The minimum absolute atomic E-state index is 0.833. The zero-order valence-corrected chi connectivity index (χ0v) is 7.39. The fourth-order valence-electron chi connectivity index (χ4n) is 0.479. The Morgan fingerprint density at radius 1 is 1.45 bits per heavy atom. The van der Waals surface area contributed by atoms with Crippen molar-refractivity contribution in [3.05, 3.63) is 12.2 Å². The van der Waals surface area contributed by atoms with E-state index in [0.717, 1.165) is 0 Å². The van der Waals surface area contributed by atoms with E-state index in [1.54, 1.807) is 0 Å². The summed E-state index contributed by atoms with van der Waals surface area (Å²) in [5, 5.41) is 0. The molecule has 0 aliphatic rings. The van der Waals surface area contributed by atoms with Gasteiger partial charge < -0.3 is 11.5 Å². The molecule has 0 saturated heterocycles. The lowest BCUT2D eigenvalue weighted by Crippen LogP contribution is -2.18. The van der Waals surface area contributed by atoms with E-state index in [1.807, 2.05) is 0 Å². The van der Waals surface area contributed by atoms with Crippen molar-refractivity contribution in [2.24, 2.45) is 11.5 Å². The first-order valence-corrected chi connectivity index (χ1v) is 3.70. The summed E-state index contributed by atoms with van der Waals surface area (Å²) in [7, 11) is 0. The van der Waals surface area contributed by atoms with Gasteiger partial charge in [-0.2, -0.15) is 0 Å². The highest BCUT2D eigenvalue weighted by Crippen LogP contribution is 2.01. The van der Waals surface area contributed by atoms with Gasteiger partial charge >= 0.3 is 6.03 Å². The van der Waals surface area contributed by atoms with Gasteiger partial charge in [0, 0.05) is 0 Å². The largest absolute Gasteiger partial charge is 0.352 e. The van der Waals surface area contributed by atoms with Crippen molar-refractivity contribution in [2.45, 2.75) is 33.1 Å². The lowest BCUT2D eigenvalue weighted by Gasteiger charge is -1.91. The van der Waals surface area contributed by atoms with Crippen LogP contribution < -0.4 is 11.5 Å². The molecule has 0 atom stereocenters. The molecule has 0 fully saturated rings. The third-order valence-corrected chi connectivity index (χ3v) is 0.957. The van der Waals surface area contributed by atoms with Crippen molar-refractivity contribution in [3.8, 4) is 0 Å². The number of carbonyl (C=O) groups excluding carboxylic acids is 1. The molecule has 0 saturated carbocycles. The molecule has 0 radical (unpaired) electrons. The molecule has 0 aromatic carbocycles. The summed E-state index contributed by atoms with van der Waals surface area (Å²) in [6, 6.07) is -0.833. The van der Waals surface area contributed by atoms with Crippen LogP contribution in [0.4, 0.5) is 4.79 Å². The molecule has 0 unspecified atom stereocenters. The molecular weight excluding hydrogens is 140 g/mol. The van der Waals surface area contributed by atoms with E-state index in [-0.39, 0.29) is 0 Å². The SMILES string of the molecule is C=C(C)CCCC.NC(N)=O. The van der Waals surface area contributed by atoms with Crippen molar-refractivity contribution in [1.82, 2.24) is 0 Å². The Morgan fingerprint density at radius 2 is 1.82 bits per heavy atom. The van der Waals surface area contributed by atoms with Crippen LogP contribution in [-0.4, -0.2) is 6.03 Å². The predicted octanol–water partition coefficient (Wildman–Crippen LogP) is 1.78. The number of unbranched alkanes of at least 4 members (excludes halogenated alkanes) is 1. The molecular formula is C8H18N2O. The molecule has 11 heavy (non-hydrogen) atoms. The van der Waals surface area contributed by atoms with Crippen molar-refractivity contribution in [3.63, 3.8) is 0 Å². The van der Waals surface area contributed by atoms with Gasteiger partial charge in [0.25, 0.3) is 0 Å². The number of urea groups is 1. The summed E-state index contributed by atoms with van der Waals surface area (Å²) >= 11 is 0. The van der Waals surface area contributed by atoms with Crippen molar-refractivity contribution < 1.29 is 4.79 Å². The van der Waals surface area contributed by atoms with Crippen LogP contribution in [0.3, 0.4) is 0 Å². The van der Waals surface area contributed by atoms with Crippen molar-refractivity contribution in [2.75, 3.05) is 0 Å². The van der Waals surface area contributed by atoms with Crippen LogP contribution in [0.15, 0.2) is 12.2 Å². The van der Waals surface area contributed by atoms with Gasteiger partial charge in [-0.1, -0.05) is 18.9 Å². The predicted molar refractivity (Wildman–Crippen MR) is 48.1 cm³/mol. The fraction of sp³-hybridized carbons (Fsp3) is 0.625. The molecule has 0 aliphatic carbocycles. The third-order valence-electron chi connectivity index (χ3n) is 0.957. The molecule has 66 valence electrons. The van der Waals surface area contributed by atoms with Gasteiger partial charge in [-0.15, -0.1) is 6.58 Å².